The third-order valence-corrected chi connectivity index (χ3v) is 9.56. The van der Waals surface area contributed by atoms with Gasteiger partial charge < -0.3 is 31.2 Å². The van der Waals surface area contributed by atoms with Crippen LogP contribution in [0.5, 0.6) is 0 Å². The lowest BCUT2D eigenvalue weighted by Crippen LogP contribution is -3.00. The van der Waals surface area contributed by atoms with Gasteiger partial charge in [0, 0.05) is 64.1 Å². The van der Waals surface area contributed by atoms with Crippen molar-refractivity contribution in [2.24, 2.45) is 0 Å². The molecule has 2 aromatic rings. The summed E-state index contributed by atoms with van der Waals surface area (Å²) in [5, 5.41) is 2.18. The molecule has 9 nitrogen and oxygen atoms in total. The number of fused-ring (bicyclic) bond motifs is 2. The monoisotopic (exact) mass is 814 g/mol. The van der Waals surface area contributed by atoms with Crippen molar-refractivity contribution in [2.45, 2.75) is 52.7 Å². The topological polar surface area (TPSA) is 78.5 Å². The number of piperazine rings is 2. The Hall–Kier alpha value is -3.19. The Morgan fingerprint density at radius 3 is 1.92 bits per heavy atom. The van der Waals surface area contributed by atoms with Crippen LogP contribution in [0.1, 0.15) is 41.5 Å². The van der Waals surface area contributed by atoms with E-state index in [1.807, 2.05) is 41.5 Å². The third-order valence-electron chi connectivity index (χ3n) is 8.84. The first kappa shape index (κ1) is 38.1. The van der Waals surface area contributed by atoms with Gasteiger partial charge in [-0.15, -0.1) is 0 Å². The van der Waals surface area contributed by atoms with E-state index in [0.29, 0.717) is 13.1 Å². The molecule has 3 aliphatic heterocycles. The molecule has 0 bridgehead atoms. The number of halogens is 2. The highest BCUT2D eigenvalue weighted by molar-refractivity contribution is 14.1. The number of rotatable bonds is 6. The van der Waals surface area contributed by atoms with Crippen molar-refractivity contribution < 1.29 is 35.9 Å². The largest absolute Gasteiger partial charge is 1.00 e. The first-order chi connectivity index (χ1) is 23.2. The smallest absolute Gasteiger partial charge is 0.320 e. The van der Waals surface area contributed by atoms with E-state index < -0.39 is 11.2 Å². The maximum atomic E-state index is 12.4. The van der Waals surface area contributed by atoms with Crippen LogP contribution in [0.4, 0.5) is 5.69 Å². The van der Waals surface area contributed by atoms with Crippen molar-refractivity contribution in [1.82, 2.24) is 14.4 Å². The van der Waals surface area contributed by atoms with Gasteiger partial charge in [-0.3, -0.25) is 19.4 Å². The van der Waals surface area contributed by atoms with E-state index in [4.69, 9.17) is 13.9 Å². The zero-order chi connectivity index (χ0) is 34.9. The van der Waals surface area contributed by atoms with Crippen LogP contribution in [-0.2, 0) is 19.1 Å². The van der Waals surface area contributed by atoms with Crippen LogP contribution in [0.3, 0.4) is 0 Å². The van der Waals surface area contributed by atoms with E-state index in [2.05, 4.69) is 103 Å². The highest BCUT2D eigenvalue weighted by Crippen LogP contribution is 2.41. The Morgan fingerprint density at radius 2 is 1.34 bits per heavy atom. The molecule has 11 heteroatoms. The predicted octanol–water partition coefficient (Wildman–Crippen LogP) is 2.71. The van der Waals surface area contributed by atoms with Gasteiger partial charge in [0.2, 0.25) is 5.36 Å². The van der Waals surface area contributed by atoms with E-state index in [0.717, 1.165) is 96.8 Å². The lowest BCUT2D eigenvalue weighted by Gasteiger charge is -2.36. The van der Waals surface area contributed by atoms with Crippen LogP contribution in [0, 0.1) is 3.57 Å². The molecule has 0 radical (unpaired) electrons. The molecular weight excluding hydrogens is 767 g/mol. The summed E-state index contributed by atoms with van der Waals surface area (Å²) in [6.07, 6.45) is 0. The lowest BCUT2D eigenvalue weighted by molar-refractivity contribution is -0.157. The molecule has 1 aliphatic carbocycles. The molecule has 4 aliphatic rings. The normalized spacial score (nSPS) is 16.4. The van der Waals surface area contributed by atoms with Crippen LogP contribution in [-0.4, -0.2) is 98.4 Å². The molecule has 0 spiro atoms. The number of benzene rings is 3. The van der Waals surface area contributed by atoms with Gasteiger partial charge in [-0.25, -0.2) is 4.58 Å². The van der Waals surface area contributed by atoms with Crippen molar-refractivity contribution in [3.05, 3.63) is 69.6 Å². The second-order valence-electron chi connectivity index (χ2n) is 15.0. The summed E-state index contributed by atoms with van der Waals surface area (Å²) in [5.74, 6) is 0.485. The Balaban J connectivity index is 0.00000486. The van der Waals surface area contributed by atoms with Gasteiger partial charge in [0.05, 0.1) is 32.2 Å². The van der Waals surface area contributed by atoms with Crippen molar-refractivity contribution in [2.75, 3.05) is 70.3 Å². The number of nitrogens with zero attached hydrogens (tertiary/aromatic N) is 4. The number of carbonyl (C=O) groups excluding carboxylic acids is 2. The molecule has 0 atom stereocenters. The summed E-state index contributed by atoms with van der Waals surface area (Å²) in [6.45, 7) is 18.4. The molecule has 268 valence electrons. The minimum Gasteiger partial charge on any atom is -1.00 e. The number of hydrogen-bond acceptors (Lipinski definition) is 8. The van der Waals surface area contributed by atoms with Crippen LogP contribution >= 0.6 is 22.6 Å². The molecule has 2 fully saturated rings. The second kappa shape index (κ2) is 15.6. The van der Waals surface area contributed by atoms with Crippen LogP contribution < -0.4 is 27.2 Å². The second-order valence-corrected chi connectivity index (χ2v) is 16.3. The molecular formula is C39H48ClIN4O5. The molecule has 0 amide bonds. The molecule has 0 saturated carbocycles. The number of hydrogen-bond donors (Lipinski definition) is 0. The van der Waals surface area contributed by atoms with Gasteiger partial charge in [-0.05, 0) is 100 Å². The fourth-order valence-electron chi connectivity index (χ4n) is 6.63. The number of esters is 2. The average molecular weight is 815 g/mol. The molecule has 0 unspecified atom stereocenters. The lowest BCUT2D eigenvalue weighted by atomic mass is 9.93. The minimum absolute atomic E-state index is 0. The molecule has 3 heterocycles. The highest BCUT2D eigenvalue weighted by Gasteiger charge is 2.27. The Kier molecular flexibility index (Phi) is 11.9. The van der Waals surface area contributed by atoms with Gasteiger partial charge in [0.15, 0.2) is 13.1 Å². The zero-order valence-corrected chi connectivity index (χ0v) is 32.8. The SMILES string of the molecule is CC(C)(C)OC(=O)CN1CCN(c2ccc3c(-c4ccc(I)cc4)c4ccc(=[N+]5CCN(CC(=O)OC(C)(C)C)CC5)cc-4oc3c2)CC1.[Cl-]. The molecule has 2 saturated heterocycles. The Bertz CT molecular complexity index is 1860. The standard InChI is InChI=1S/C39H48IN4O5.ClH/c1-38(2,3)48-35(45)25-41-15-19-43(20-16-41)29-11-13-31-33(23-29)47-34-24-30(12-14-32(34)37(31)27-7-9-28(40)10-8-27)44-21-17-42(18-22-44)26-36(46)49-39(4,5)6;/h7-14,23-24H,15-22,25-26H2,1-6H3;1H/q+1;/p-1. The van der Waals surface area contributed by atoms with Crippen LogP contribution in [0.2, 0.25) is 0 Å². The van der Waals surface area contributed by atoms with E-state index in [1.165, 1.54) is 3.57 Å². The van der Waals surface area contributed by atoms with Gasteiger partial charge in [-0.1, -0.05) is 12.1 Å². The van der Waals surface area contributed by atoms with Crippen molar-refractivity contribution in [3.63, 3.8) is 0 Å². The van der Waals surface area contributed by atoms with Gasteiger partial charge in [0.1, 0.15) is 22.5 Å². The predicted molar refractivity (Wildman–Crippen MR) is 203 cm³/mol. The number of ether oxygens (including phenoxy) is 2. The van der Waals surface area contributed by atoms with E-state index in [9.17, 15) is 9.59 Å². The minimum atomic E-state index is -0.478. The maximum Gasteiger partial charge on any atom is 0.320 e. The van der Waals surface area contributed by atoms with Gasteiger partial charge in [0.25, 0.3) is 0 Å². The highest BCUT2D eigenvalue weighted by atomic mass is 127. The summed E-state index contributed by atoms with van der Waals surface area (Å²) >= 11 is 2.35. The maximum absolute atomic E-state index is 12.4. The van der Waals surface area contributed by atoms with Crippen molar-refractivity contribution in [1.29, 1.82) is 0 Å². The van der Waals surface area contributed by atoms with E-state index in [1.54, 1.807) is 0 Å². The first-order valence-corrected chi connectivity index (χ1v) is 18.3. The molecule has 2 aromatic carbocycles. The summed E-state index contributed by atoms with van der Waals surface area (Å²) < 4.78 is 21.4. The fourth-order valence-corrected chi connectivity index (χ4v) is 6.99. The van der Waals surface area contributed by atoms with Crippen molar-refractivity contribution >= 4 is 51.2 Å². The van der Waals surface area contributed by atoms with Crippen LogP contribution in [0.25, 0.3) is 33.4 Å². The number of carbonyl (C=O) groups is 2. The summed E-state index contributed by atoms with van der Waals surface area (Å²) in [6, 6.07) is 21.7. The van der Waals surface area contributed by atoms with E-state index in [-0.39, 0.29) is 24.3 Å². The molecule has 0 N–H and O–H groups in total. The summed E-state index contributed by atoms with van der Waals surface area (Å²) in [5.41, 5.74) is 4.38. The number of anilines is 1. The fraction of sp³-hybridized carbons (Fsp3) is 0.462. The van der Waals surface area contributed by atoms with Gasteiger partial charge >= 0.3 is 11.9 Å². The molecule has 6 rings (SSSR count). The summed E-state index contributed by atoms with van der Waals surface area (Å²) in [7, 11) is 0. The third kappa shape index (κ3) is 9.57. The Morgan fingerprint density at radius 1 is 0.760 bits per heavy atom. The average Bonchev–Trinajstić information content (AvgIpc) is 3.02. The quantitative estimate of drug-likeness (QED) is 0.128. The Labute approximate surface area is 315 Å². The molecule has 0 aromatic heterocycles. The van der Waals surface area contributed by atoms with Crippen LogP contribution in [0.15, 0.2) is 65.1 Å². The molecule has 50 heavy (non-hydrogen) atoms. The van der Waals surface area contributed by atoms with E-state index >= 15 is 0 Å². The summed E-state index contributed by atoms with van der Waals surface area (Å²) in [4.78, 5) is 31.5. The van der Waals surface area contributed by atoms with Crippen molar-refractivity contribution in [3.8, 4) is 22.5 Å². The zero-order valence-electron chi connectivity index (χ0n) is 29.9. The van der Waals surface area contributed by atoms with Gasteiger partial charge in [-0.2, -0.15) is 0 Å². The first-order valence-electron chi connectivity index (χ1n) is 17.2.